The van der Waals surface area contributed by atoms with E-state index >= 15 is 0 Å². The first-order valence-corrected chi connectivity index (χ1v) is 6.58. The van der Waals surface area contributed by atoms with Crippen LogP contribution >= 0.6 is 0 Å². The summed E-state index contributed by atoms with van der Waals surface area (Å²) in [6.07, 6.45) is 3.97. The lowest BCUT2D eigenvalue weighted by Gasteiger charge is -2.11. The molecule has 0 bridgehead atoms. The highest BCUT2D eigenvalue weighted by molar-refractivity contribution is 5.89. The van der Waals surface area contributed by atoms with Crippen molar-refractivity contribution in [3.05, 3.63) is 48.8 Å². The number of hydrogen-bond acceptors (Lipinski definition) is 2. The van der Waals surface area contributed by atoms with E-state index in [1.807, 2.05) is 72.4 Å². The molecular weight excluding hydrogens is 252 g/mol. The number of likely N-dealkylation sites (N-methyl/N-ethyl adjacent to an activating group) is 1. The molecule has 0 aliphatic rings. The zero-order valence-corrected chi connectivity index (χ0v) is 11.8. The van der Waals surface area contributed by atoms with Crippen LogP contribution < -0.4 is 10.6 Å². The SMILES string of the molecule is CN(C)CCNC(=O)Nc1ccc(-n2cccc2)cc1. The lowest BCUT2D eigenvalue weighted by molar-refractivity contribution is 0.250. The van der Waals surface area contributed by atoms with Crippen LogP contribution in [0.1, 0.15) is 0 Å². The number of carbonyl (C=O) groups is 1. The molecule has 0 radical (unpaired) electrons. The van der Waals surface area contributed by atoms with Gasteiger partial charge in [0.2, 0.25) is 0 Å². The predicted octanol–water partition coefficient (Wildman–Crippen LogP) is 2.16. The molecular formula is C15H20N4O. The van der Waals surface area contributed by atoms with Crippen LogP contribution in [0.2, 0.25) is 0 Å². The van der Waals surface area contributed by atoms with Crippen molar-refractivity contribution in [2.24, 2.45) is 0 Å². The first-order valence-electron chi connectivity index (χ1n) is 6.58. The lowest BCUT2D eigenvalue weighted by atomic mass is 10.3. The monoisotopic (exact) mass is 272 g/mol. The molecule has 0 spiro atoms. The Balaban J connectivity index is 1.86. The third-order valence-electron chi connectivity index (χ3n) is 2.87. The number of carbonyl (C=O) groups excluding carboxylic acids is 1. The standard InChI is InChI=1S/C15H20N4O/c1-18(2)12-9-16-15(20)17-13-5-7-14(8-6-13)19-10-3-4-11-19/h3-8,10-11H,9,12H2,1-2H3,(H2,16,17,20). The molecule has 2 amide bonds. The van der Waals surface area contributed by atoms with E-state index in [0.29, 0.717) is 6.54 Å². The molecule has 2 aromatic rings. The van der Waals surface area contributed by atoms with Crippen molar-refractivity contribution in [2.75, 3.05) is 32.5 Å². The Morgan fingerprint density at radius 1 is 1.15 bits per heavy atom. The van der Waals surface area contributed by atoms with Crippen LogP contribution in [0, 0.1) is 0 Å². The quantitative estimate of drug-likeness (QED) is 0.876. The van der Waals surface area contributed by atoms with E-state index in [1.165, 1.54) is 0 Å². The third kappa shape index (κ3) is 4.13. The number of urea groups is 1. The fourth-order valence-electron chi connectivity index (χ4n) is 1.79. The molecule has 0 unspecified atom stereocenters. The van der Waals surface area contributed by atoms with Gasteiger partial charge in [-0.25, -0.2) is 4.79 Å². The van der Waals surface area contributed by atoms with Gasteiger partial charge in [-0.15, -0.1) is 0 Å². The first-order chi connectivity index (χ1) is 9.65. The van der Waals surface area contributed by atoms with E-state index in [0.717, 1.165) is 17.9 Å². The minimum Gasteiger partial charge on any atom is -0.337 e. The van der Waals surface area contributed by atoms with Gasteiger partial charge in [0.1, 0.15) is 0 Å². The Bertz CT molecular complexity index is 532. The number of amides is 2. The van der Waals surface area contributed by atoms with E-state index in [9.17, 15) is 4.79 Å². The van der Waals surface area contributed by atoms with E-state index < -0.39 is 0 Å². The van der Waals surface area contributed by atoms with Crippen LogP contribution in [-0.4, -0.2) is 42.7 Å². The van der Waals surface area contributed by atoms with Crippen LogP contribution in [0.4, 0.5) is 10.5 Å². The Morgan fingerprint density at radius 2 is 1.80 bits per heavy atom. The number of benzene rings is 1. The fraction of sp³-hybridized carbons (Fsp3) is 0.267. The van der Waals surface area contributed by atoms with Crippen molar-refractivity contribution >= 4 is 11.7 Å². The van der Waals surface area contributed by atoms with Gasteiger partial charge < -0.3 is 20.1 Å². The van der Waals surface area contributed by atoms with E-state index in [4.69, 9.17) is 0 Å². The Morgan fingerprint density at radius 3 is 2.40 bits per heavy atom. The molecule has 0 saturated carbocycles. The smallest absolute Gasteiger partial charge is 0.319 e. The number of nitrogens with one attached hydrogen (secondary N) is 2. The van der Waals surface area contributed by atoms with Crippen LogP contribution in [0.25, 0.3) is 5.69 Å². The highest BCUT2D eigenvalue weighted by Crippen LogP contribution is 2.13. The Labute approximate surface area is 119 Å². The zero-order chi connectivity index (χ0) is 14.4. The zero-order valence-electron chi connectivity index (χ0n) is 11.8. The predicted molar refractivity (Wildman–Crippen MR) is 81.3 cm³/mol. The largest absolute Gasteiger partial charge is 0.337 e. The maximum atomic E-state index is 11.7. The average Bonchev–Trinajstić information content (AvgIpc) is 2.93. The van der Waals surface area contributed by atoms with Gasteiger partial charge in [0.25, 0.3) is 0 Å². The summed E-state index contributed by atoms with van der Waals surface area (Å²) in [5, 5.41) is 5.62. The molecule has 0 fully saturated rings. The molecule has 2 N–H and O–H groups in total. The molecule has 0 saturated heterocycles. The van der Waals surface area contributed by atoms with Gasteiger partial charge in [0.15, 0.2) is 0 Å². The highest BCUT2D eigenvalue weighted by Gasteiger charge is 2.01. The third-order valence-corrected chi connectivity index (χ3v) is 2.87. The van der Waals surface area contributed by atoms with Gasteiger partial charge in [-0.3, -0.25) is 0 Å². The summed E-state index contributed by atoms with van der Waals surface area (Å²) < 4.78 is 2.01. The summed E-state index contributed by atoms with van der Waals surface area (Å²) in [6.45, 7) is 1.44. The van der Waals surface area contributed by atoms with Gasteiger partial charge >= 0.3 is 6.03 Å². The van der Waals surface area contributed by atoms with Crippen LogP contribution in [0.5, 0.6) is 0 Å². The Kier molecular flexibility index (Phi) is 4.79. The minimum absolute atomic E-state index is 0.180. The first kappa shape index (κ1) is 14.1. The molecule has 1 aromatic carbocycles. The highest BCUT2D eigenvalue weighted by atomic mass is 16.2. The molecule has 20 heavy (non-hydrogen) atoms. The second kappa shape index (κ2) is 6.77. The van der Waals surface area contributed by atoms with Crippen molar-refractivity contribution in [2.45, 2.75) is 0 Å². The minimum atomic E-state index is -0.180. The van der Waals surface area contributed by atoms with Crippen molar-refractivity contribution < 1.29 is 4.79 Å². The summed E-state index contributed by atoms with van der Waals surface area (Å²) in [7, 11) is 3.94. The summed E-state index contributed by atoms with van der Waals surface area (Å²) in [5.74, 6) is 0. The number of rotatable bonds is 5. The summed E-state index contributed by atoms with van der Waals surface area (Å²) in [5.41, 5.74) is 1.84. The average molecular weight is 272 g/mol. The van der Waals surface area contributed by atoms with Crippen molar-refractivity contribution in [1.82, 2.24) is 14.8 Å². The maximum absolute atomic E-state index is 11.7. The molecule has 0 aliphatic carbocycles. The molecule has 5 heteroatoms. The van der Waals surface area contributed by atoms with E-state index in [-0.39, 0.29) is 6.03 Å². The van der Waals surface area contributed by atoms with Gasteiger partial charge in [-0.05, 0) is 50.5 Å². The summed E-state index contributed by atoms with van der Waals surface area (Å²) in [4.78, 5) is 13.7. The maximum Gasteiger partial charge on any atom is 0.319 e. The van der Waals surface area contributed by atoms with Crippen LogP contribution in [-0.2, 0) is 0 Å². The number of anilines is 1. The second-order valence-corrected chi connectivity index (χ2v) is 4.82. The molecule has 106 valence electrons. The van der Waals surface area contributed by atoms with Gasteiger partial charge in [0.05, 0.1) is 0 Å². The molecule has 0 aliphatic heterocycles. The molecule has 2 rings (SSSR count). The molecule has 1 heterocycles. The van der Waals surface area contributed by atoms with Crippen LogP contribution in [0.3, 0.4) is 0 Å². The van der Waals surface area contributed by atoms with Gasteiger partial charge in [-0.1, -0.05) is 0 Å². The Hall–Kier alpha value is -2.27. The van der Waals surface area contributed by atoms with Gasteiger partial charge in [0, 0.05) is 36.9 Å². The summed E-state index contributed by atoms with van der Waals surface area (Å²) >= 11 is 0. The van der Waals surface area contributed by atoms with E-state index in [1.54, 1.807) is 0 Å². The number of nitrogens with zero attached hydrogens (tertiary/aromatic N) is 2. The molecule has 0 atom stereocenters. The fourth-order valence-corrected chi connectivity index (χ4v) is 1.79. The second-order valence-electron chi connectivity index (χ2n) is 4.82. The van der Waals surface area contributed by atoms with Crippen molar-refractivity contribution in [3.63, 3.8) is 0 Å². The normalized spacial score (nSPS) is 10.6. The topological polar surface area (TPSA) is 49.3 Å². The summed E-state index contributed by atoms with van der Waals surface area (Å²) in [6, 6.07) is 11.5. The molecule has 1 aromatic heterocycles. The van der Waals surface area contributed by atoms with Crippen molar-refractivity contribution in [1.29, 1.82) is 0 Å². The lowest BCUT2D eigenvalue weighted by Crippen LogP contribution is -2.34. The molecule has 5 nitrogen and oxygen atoms in total. The van der Waals surface area contributed by atoms with Gasteiger partial charge in [-0.2, -0.15) is 0 Å². The van der Waals surface area contributed by atoms with Crippen LogP contribution in [0.15, 0.2) is 48.8 Å². The van der Waals surface area contributed by atoms with Crippen molar-refractivity contribution in [3.8, 4) is 5.69 Å². The van der Waals surface area contributed by atoms with E-state index in [2.05, 4.69) is 10.6 Å². The number of hydrogen-bond donors (Lipinski definition) is 2. The number of aromatic nitrogens is 1.